The summed E-state index contributed by atoms with van der Waals surface area (Å²) in [4.78, 5) is 4.34. The van der Waals surface area contributed by atoms with Gasteiger partial charge in [0.05, 0.1) is 7.11 Å². The third kappa shape index (κ3) is 3.07. The van der Waals surface area contributed by atoms with Crippen LogP contribution < -0.4 is 10.5 Å². The third-order valence-electron chi connectivity index (χ3n) is 2.61. The van der Waals surface area contributed by atoms with E-state index in [0.29, 0.717) is 18.1 Å². The highest BCUT2D eigenvalue weighted by Crippen LogP contribution is 2.21. The molecule has 0 spiro atoms. The van der Waals surface area contributed by atoms with Gasteiger partial charge in [0.2, 0.25) is 11.7 Å². The smallest absolute Gasteiger partial charge is 0.227 e. The number of nitrogens with two attached hydrogens (primary N) is 1. The van der Waals surface area contributed by atoms with Crippen molar-refractivity contribution in [2.24, 2.45) is 5.73 Å². The van der Waals surface area contributed by atoms with Crippen molar-refractivity contribution in [1.82, 2.24) is 10.1 Å². The number of hydrogen-bond acceptors (Lipinski definition) is 5. The maximum absolute atomic E-state index is 5.69. The lowest BCUT2D eigenvalue weighted by molar-refractivity contribution is 0.372. The number of benzene rings is 1. The lowest BCUT2D eigenvalue weighted by Gasteiger charge is -2.00. The van der Waals surface area contributed by atoms with Crippen LogP contribution in [-0.4, -0.2) is 23.3 Å². The van der Waals surface area contributed by atoms with E-state index >= 15 is 0 Å². The summed E-state index contributed by atoms with van der Waals surface area (Å²) in [5.41, 5.74) is 6.57. The first-order valence-corrected chi connectivity index (χ1v) is 5.91. The molecule has 2 aromatic rings. The molecular formula is C13H17N3O2. The molecule has 1 unspecified atom stereocenters. The number of aryl methyl sites for hydroxylation is 1. The molecular weight excluding hydrogens is 230 g/mol. The van der Waals surface area contributed by atoms with Crippen molar-refractivity contribution in [3.8, 4) is 17.1 Å². The van der Waals surface area contributed by atoms with E-state index in [-0.39, 0.29) is 6.04 Å². The Balaban J connectivity index is 2.13. The van der Waals surface area contributed by atoms with Crippen molar-refractivity contribution in [3.05, 3.63) is 30.2 Å². The quantitative estimate of drug-likeness (QED) is 0.875. The van der Waals surface area contributed by atoms with Gasteiger partial charge in [-0.3, -0.25) is 0 Å². The fraction of sp³-hybridized carbons (Fsp3) is 0.385. The van der Waals surface area contributed by atoms with E-state index in [2.05, 4.69) is 10.1 Å². The normalized spacial score (nSPS) is 12.4. The average Bonchev–Trinajstić information content (AvgIpc) is 2.85. The van der Waals surface area contributed by atoms with Gasteiger partial charge in [-0.15, -0.1) is 0 Å². The second kappa shape index (κ2) is 5.64. The van der Waals surface area contributed by atoms with Gasteiger partial charge in [0.15, 0.2) is 0 Å². The maximum atomic E-state index is 5.69. The summed E-state index contributed by atoms with van der Waals surface area (Å²) >= 11 is 0. The minimum atomic E-state index is 0.136. The summed E-state index contributed by atoms with van der Waals surface area (Å²) in [6.45, 7) is 1.96. The maximum Gasteiger partial charge on any atom is 0.227 e. The fourth-order valence-corrected chi connectivity index (χ4v) is 1.59. The highest BCUT2D eigenvalue weighted by Gasteiger charge is 2.09. The molecule has 0 aliphatic rings. The zero-order valence-electron chi connectivity index (χ0n) is 10.6. The SMILES string of the molecule is COc1cccc(-c2noc(CCC(C)N)n2)c1. The molecule has 0 saturated heterocycles. The van der Waals surface area contributed by atoms with Gasteiger partial charge in [-0.05, 0) is 25.5 Å². The predicted octanol–water partition coefficient (Wildman–Crippen LogP) is 2.02. The van der Waals surface area contributed by atoms with Crippen LogP contribution in [-0.2, 0) is 6.42 Å². The molecule has 0 bridgehead atoms. The molecule has 0 aliphatic carbocycles. The number of nitrogens with zero attached hydrogens (tertiary/aromatic N) is 2. The van der Waals surface area contributed by atoms with Gasteiger partial charge in [0.1, 0.15) is 5.75 Å². The summed E-state index contributed by atoms with van der Waals surface area (Å²) < 4.78 is 10.3. The van der Waals surface area contributed by atoms with Gasteiger partial charge in [0, 0.05) is 18.0 Å². The van der Waals surface area contributed by atoms with Crippen molar-refractivity contribution in [2.75, 3.05) is 7.11 Å². The lowest BCUT2D eigenvalue weighted by Crippen LogP contribution is -2.15. The largest absolute Gasteiger partial charge is 0.497 e. The first kappa shape index (κ1) is 12.6. The van der Waals surface area contributed by atoms with E-state index in [1.165, 1.54) is 0 Å². The number of ether oxygens (including phenoxy) is 1. The molecule has 5 nitrogen and oxygen atoms in total. The monoisotopic (exact) mass is 247 g/mol. The first-order valence-electron chi connectivity index (χ1n) is 5.91. The summed E-state index contributed by atoms with van der Waals surface area (Å²) in [6.07, 6.45) is 1.54. The van der Waals surface area contributed by atoms with Gasteiger partial charge < -0.3 is 15.0 Å². The number of hydrogen-bond donors (Lipinski definition) is 1. The van der Waals surface area contributed by atoms with Crippen LogP contribution in [0.15, 0.2) is 28.8 Å². The van der Waals surface area contributed by atoms with Crippen molar-refractivity contribution >= 4 is 0 Å². The number of methoxy groups -OCH3 is 1. The van der Waals surface area contributed by atoms with Gasteiger partial charge in [0.25, 0.3) is 0 Å². The van der Waals surface area contributed by atoms with Crippen molar-refractivity contribution < 1.29 is 9.26 Å². The molecule has 1 aromatic heterocycles. The summed E-state index contributed by atoms with van der Waals surface area (Å²) in [7, 11) is 1.63. The molecule has 0 amide bonds. The van der Waals surface area contributed by atoms with E-state index in [1.807, 2.05) is 31.2 Å². The van der Waals surface area contributed by atoms with E-state index in [4.69, 9.17) is 15.0 Å². The molecule has 1 heterocycles. The Bertz CT molecular complexity index is 508. The van der Waals surface area contributed by atoms with Gasteiger partial charge in [-0.2, -0.15) is 4.98 Å². The molecule has 18 heavy (non-hydrogen) atoms. The molecule has 0 saturated carbocycles. The highest BCUT2D eigenvalue weighted by molar-refractivity contribution is 5.56. The topological polar surface area (TPSA) is 74.2 Å². The molecule has 1 aromatic carbocycles. The molecule has 0 fully saturated rings. The van der Waals surface area contributed by atoms with Crippen molar-refractivity contribution in [2.45, 2.75) is 25.8 Å². The molecule has 96 valence electrons. The molecule has 2 N–H and O–H groups in total. The van der Waals surface area contributed by atoms with Crippen LogP contribution in [0.1, 0.15) is 19.2 Å². The van der Waals surface area contributed by atoms with Crippen LogP contribution in [0.2, 0.25) is 0 Å². The minimum absolute atomic E-state index is 0.136. The molecule has 2 rings (SSSR count). The zero-order valence-corrected chi connectivity index (χ0v) is 10.6. The summed E-state index contributed by atoms with van der Waals surface area (Å²) in [5.74, 6) is 1.97. The van der Waals surface area contributed by atoms with E-state index < -0.39 is 0 Å². The van der Waals surface area contributed by atoms with Crippen molar-refractivity contribution in [3.63, 3.8) is 0 Å². The van der Waals surface area contributed by atoms with E-state index in [1.54, 1.807) is 7.11 Å². The zero-order chi connectivity index (χ0) is 13.0. The molecule has 0 aliphatic heterocycles. The van der Waals surface area contributed by atoms with E-state index in [9.17, 15) is 0 Å². The molecule has 0 radical (unpaired) electrons. The Labute approximate surface area is 106 Å². The van der Waals surface area contributed by atoms with Crippen LogP contribution in [0, 0.1) is 0 Å². The molecule has 1 atom stereocenters. The first-order chi connectivity index (χ1) is 8.69. The summed E-state index contributed by atoms with van der Waals surface area (Å²) in [6, 6.07) is 7.70. The predicted molar refractivity (Wildman–Crippen MR) is 68.3 cm³/mol. The third-order valence-corrected chi connectivity index (χ3v) is 2.61. The number of rotatable bonds is 5. The highest BCUT2D eigenvalue weighted by atomic mass is 16.5. The van der Waals surface area contributed by atoms with Crippen LogP contribution >= 0.6 is 0 Å². The lowest BCUT2D eigenvalue weighted by atomic mass is 10.2. The van der Waals surface area contributed by atoms with Crippen LogP contribution in [0.3, 0.4) is 0 Å². The van der Waals surface area contributed by atoms with Crippen LogP contribution in [0.5, 0.6) is 5.75 Å². The fourth-order valence-electron chi connectivity index (χ4n) is 1.59. The molecule has 5 heteroatoms. The second-order valence-corrected chi connectivity index (χ2v) is 4.26. The van der Waals surface area contributed by atoms with Crippen LogP contribution in [0.4, 0.5) is 0 Å². The van der Waals surface area contributed by atoms with Gasteiger partial charge in [-0.25, -0.2) is 0 Å². The average molecular weight is 247 g/mol. The Morgan fingerprint density at radius 2 is 2.28 bits per heavy atom. The van der Waals surface area contributed by atoms with Gasteiger partial charge >= 0.3 is 0 Å². The van der Waals surface area contributed by atoms with Gasteiger partial charge in [-0.1, -0.05) is 17.3 Å². The Morgan fingerprint density at radius 1 is 1.44 bits per heavy atom. The Kier molecular flexibility index (Phi) is 3.94. The van der Waals surface area contributed by atoms with Crippen molar-refractivity contribution in [1.29, 1.82) is 0 Å². The summed E-state index contributed by atoms with van der Waals surface area (Å²) in [5, 5.41) is 3.96. The van der Waals surface area contributed by atoms with E-state index in [0.717, 1.165) is 17.7 Å². The second-order valence-electron chi connectivity index (χ2n) is 4.26. The minimum Gasteiger partial charge on any atom is -0.497 e. The number of aromatic nitrogens is 2. The Morgan fingerprint density at radius 3 is 3.00 bits per heavy atom. The van der Waals surface area contributed by atoms with Crippen LogP contribution in [0.25, 0.3) is 11.4 Å². The standard InChI is InChI=1S/C13H17N3O2/c1-9(14)6-7-12-15-13(16-18-12)10-4-3-5-11(8-10)17-2/h3-5,8-9H,6-7,14H2,1-2H3. The Hall–Kier alpha value is -1.88.